The summed E-state index contributed by atoms with van der Waals surface area (Å²) in [5.41, 5.74) is -1.60. The van der Waals surface area contributed by atoms with Crippen LogP contribution in [0.3, 0.4) is 0 Å². The van der Waals surface area contributed by atoms with E-state index in [1.54, 1.807) is 32.9 Å². The maximum absolute atomic E-state index is 15.6. The van der Waals surface area contributed by atoms with Crippen molar-refractivity contribution in [3.63, 3.8) is 0 Å². The van der Waals surface area contributed by atoms with Gasteiger partial charge in [-0.2, -0.15) is 26.3 Å². The minimum atomic E-state index is -4.55. The number of nitrogens with zero attached hydrogens (tertiary/aromatic N) is 9. The molecule has 12 amide bonds. The van der Waals surface area contributed by atoms with Crippen molar-refractivity contribution in [3.05, 3.63) is 12.2 Å². The fraction of sp³-hybridized carbons (Fsp3) is 0.789. The van der Waals surface area contributed by atoms with Crippen molar-refractivity contribution in [1.82, 2.24) is 60.0 Å². The number of carbonyl (C=O) groups is 12. The number of hydrogen-bond acceptors (Lipinski definition) is 13. The number of alkyl halides is 6. The Balaban J connectivity index is 1.31. The van der Waals surface area contributed by atoms with Crippen LogP contribution in [-0.4, -0.2) is 276 Å². The minimum absolute atomic E-state index is 0.0140. The molecule has 1 spiro atoms. The molecule has 13 atom stereocenters. The zero-order chi connectivity index (χ0) is 79.3. The molecule has 3 aliphatic heterocycles. The highest BCUT2D eigenvalue weighted by Gasteiger charge is 2.55. The second-order valence-electron chi connectivity index (χ2n) is 31.7. The Morgan fingerprint density at radius 1 is 0.692 bits per heavy atom. The number of likely N-dealkylation sites (N-methyl/N-ethyl adjacent to an activating group) is 7. The Kier molecular flexibility index (Phi) is 30.6. The van der Waals surface area contributed by atoms with E-state index in [0.29, 0.717) is 44.9 Å². The average molecular weight is 1520 g/mol. The predicted octanol–water partition coefficient (Wildman–Crippen LogP) is 6.07. The quantitative estimate of drug-likeness (QED) is 0.107. The number of terminal acetylenes is 1. The summed E-state index contributed by atoms with van der Waals surface area (Å²) in [6, 6.07) is -11.0. The minimum Gasteiger partial charge on any atom is -0.381 e. The van der Waals surface area contributed by atoms with Crippen LogP contribution in [0, 0.1) is 53.8 Å². The van der Waals surface area contributed by atoms with Crippen LogP contribution in [0.5, 0.6) is 0 Å². The van der Waals surface area contributed by atoms with Crippen LogP contribution in [-0.2, 0) is 62.3 Å². The van der Waals surface area contributed by atoms with Gasteiger partial charge in [-0.15, -0.1) is 12.3 Å². The maximum Gasteiger partial charge on any atom is 0.394 e. The molecule has 6 fully saturated rings. The third-order valence-corrected chi connectivity index (χ3v) is 24.2. The lowest BCUT2D eigenvalue weighted by atomic mass is 9.74. The predicted molar refractivity (Wildman–Crippen MR) is 384 cm³/mol. The topological polar surface area (TPSA) is 279 Å². The van der Waals surface area contributed by atoms with Crippen LogP contribution in [0.15, 0.2) is 12.2 Å². The Bertz CT molecular complexity index is 3260. The van der Waals surface area contributed by atoms with Gasteiger partial charge in [-0.05, 0) is 152 Å². The first-order valence-corrected chi connectivity index (χ1v) is 38.4. The molecule has 25 nitrogen and oxygen atoms in total. The van der Waals surface area contributed by atoms with Crippen molar-refractivity contribution in [3.8, 4) is 12.3 Å². The van der Waals surface area contributed by atoms with Crippen LogP contribution in [0.25, 0.3) is 0 Å². The largest absolute Gasteiger partial charge is 0.394 e. The van der Waals surface area contributed by atoms with Gasteiger partial charge >= 0.3 is 12.4 Å². The third-order valence-electron chi connectivity index (χ3n) is 24.2. The standard InChI is InChI=1S/C76H116F6N12O13/c1-14-23-54-65(98)84-63(47(5)16-3)71(104)88(8)45-62(97)90(10)55-26-18-17-21-38-93(70(55)103)58(40-48-27-31-51(32-28-48)75(77,78)79)69(102)87(7)44-60(95)83-53(34-30-49-29-33-52(76(80,81)82)59(41-49)107-13)67(100)94-43-46(4)39-56(94)66(99)85-74(35-22-36-74)73(106)92(12)64(50-24-19-20-25-50)72(105)91(11)57(42-61(96)89(54)9)68(101)86(6)37-15-2/h1,17-18,46-59,63-64H,15-16,19-45H2,2-13H3,(H,83,95)(H,84,98)(H,85,99)/b18-17-/t46-,47-,48?,49?,51?,52?,53-,54-,55-,56-,57-,58-,59?,63-,64-/m0/s1. The first kappa shape index (κ1) is 86.7. The molecule has 0 aromatic heterocycles. The molecule has 0 aromatic carbocycles. The summed E-state index contributed by atoms with van der Waals surface area (Å²) in [4.78, 5) is 192. The molecule has 7 rings (SSSR count). The highest BCUT2D eigenvalue weighted by Crippen LogP contribution is 2.45. The molecule has 107 heavy (non-hydrogen) atoms. The zero-order valence-corrected chi connectivity index (χ0v) is 64.6. The highest BCUT2D eigenvalue weighted by molar-refractivity contribution is 6.01. The Morgan fingerprint density at radius 2 is 1.34 bits per heavy atom. The van der Waals surface area contributed by atoms with E-state index in [2.05, 4.69) is 21.9 Å². The van der Waals surface area contributed by atoms with E-state index in [0.717, 1.165) is 24.5 Å². The molecule has 0 radical (unpaired) electrons. The Morgan fingerprint density at radius 3 is 1.93 bits per heavy atom. The second kappa shape index (κ2) is 37.7. The van der Waals surface area contributed by atoms with Gasteiger partial charge in [0.1, 0.15) is 53.9 Å². The van der Waals surface area contributed by atoms with E-state index in [-0.39, 0.29) is 128 Å². The summed E-state index contributed by atoms with van der Waals surface area (Å²) in [5, 5.41) is 8.57. The van der Waals surface area contributed by atoms with E-state index in [1.165, 1.54) is 76.0 Å². The van der Waals surface area contributed by atoms with Crippen molar-refractivity contribution in [2.75, 3.05) is 89.2 Å². The summed E-state index contributed by atoms with van der Waals surface area (Å²) in [6.07, 6.45) is 1.35. The van der Waals surface area contributed by atoms with Gasteiger partial charge < -0.3 is 64.8 Å². The van der Waals surface area contributed by atoms with Crippen molar-refractivity contribution in [1.29, 1.82) is 0 Å². The maximum atomic E-state index is 15.6. The van der Waals surface area contributed by atoms with Crippen LogP contribution >= 0.6 is 0 Å². The monoisotopic (exact) mass is 1520 g/mol. The van der Waals surface area contributed by atoms with Crippen LogP contribution in [0.1, 0.15) is 182 Å². The first-order valence-electron chi connectivity index (χ1n) is 38.4. The van der Waals surface area contributed by atoms with E-state index in [4.69, 9.17) is 11.2 Å². The SMILES string of the molecule is C#CC[C@H]1C(=O)N[C@@H]([C@@H](C)CC)C(=O)N(C)CC(=O)N(C)[C@H]2C/C=C\CCN(C2=O)[C@@H](CC2CCC(C(F)(F)F)CC2)C(=O)N(C)CC(=O)N[C@@H](CCC2CCC(C(F)(F)F)C(OC)C2)C(=O)N2C[C@@H](C)C[C@H]2C(=O)NC2(CCC2)C(=O)N(C)[C@@H](C2CCCC2)C(=O)N(C)[C@H](C(=O)N(C)CCC)CC(=O)N1C. The summed E-state index contributed by atoms with van der Waals surface area (Å²) in [6.45, 7) is 5.78. The van der Waals surface area contributed by atoms with E-state index < -0.39 is 198 Å². The second-order valence-corrected chi connectivity index (χ2v) is 31.7. The van der Waals surface area contributed by atoms with Crippen molar-refractivity contribution < 1.29 is 88.6 Å². The van der Waals surface area contributed by atoms with Crippen LogP contribution in [0.2, 0.25) is 0 Å². The number of halogens is 6. The average Bonchev–Trinajstić information content (AvgIpc) is 1.71. The van der Waals surface area contributed by atoms with Gasteiger partial charge in [0.25, 0.3) is 0 Å². The fourth-order valence-corrected chi connectivity index (χ4v) is 17.1. The molecule has 3 N–H and O–H groups in total. The highest BCUT2D eigenvalue weighted by atomic mass is 19.4. The normalized spacial score (nSPS) is 31.3. The number of carbonyl (C=O) groups excluding carboxylic acids is 12. The van der Waals surface area contributed by atoms with Gasteiger partial charge in [0, 0.05) is 82.5 Å². The molecule has 600 valence electrons. The van der Waals surface area contributed by atoms with Crippen LogP contribution < -0.4 is 16.0 Å². The number of nitrogens with one attached hydrogen (secondary N) is 3. The van der Waals surface area contributed by atoms with Crippen LogP contribution in [0.4, 0.5) is 26.3 Å². The number of fused-ring (bicyclic) bond motifs is 3. The van der Waals surface area contributed by atoms with E-state index in [1.807, 2.05) is 6.92 Å². The summed E-state index contributed by atoms with van der Waals surface area (Å²) in [7, 11) is 10.8. The van der Waals surface area contributed by atoms with Crippen molar-refractivity contribution >= 4 is 70.9 Å². The molecule has 3 heterocycles. The zero-order valence-electron chi connectivity index (χ0n) is 64.6. The smallest absolute Gasteiger partial charge is 0.381 e. The summed E-state index contributed by atoms with van der Waals surface area (Å²) < 4.78 is 90.6. The third kappa shape index (κ3) is 21.1. The van der Waals surface area contributed by atoms with E-state index in [9.17, 15) is 55.1 Å². The van der Waals surface area contributed by atoms with Gasteiger partial charge in [0.2, 0.25) is 70.9 Å². The molecule has 31 heteroatoms. The molecule has 2 bridgehead atoms. The molecule has 7 aliphatic rings. The van der Waals surface area contributed by atoms with E-state index >= 15 is 28.8 Å². The van der Waals surface area contributed by atoms with Crippen molar-refractivity contribution in [2.24, 2.45) is 41.4 Å². The lowest BCUT2D eigenvalue weighted by molar-refractivity contribution is -0.215. The molecule has 2 saturated heterocycles. The molecule has 4 aliphatic carbocycles. The van der Waals surface area contributed by atoms with Gasteiger partial charge in [0.15, 0.2) is 0 Å². The lowest BCUT2D eigenvalue weighted by Crippen LogP contribution is -2.68. The number of rotatable bonds is 13. The fourth-order valence-electron chi connectivity index (χ4n) is 17.1. The number of methoxy groups -OCH3 is 1. The molecule has 3 unspecified atom stereocenters. The molecule has 4 saturated carbocycles. The van der Waals surface area contributed by atoms with Gasteiger partial charge in [-0.1, -0.05) is 59.1 Å². The van der Waals surface area contributed by atoms with Crippen molar-refractivity contribution in [2.45, 2.75) is 254 Å². The number of amides is 12. The Labute approximate surface area is 626 Å². The number of hydrogen-bond donors (Lipinski definition) is 3. The Hall–Kier alpha value is -7.52. The lowest BCUT2D eigenvalue weighted by Gasteiger charge is -2.47. The molecular weight excluding hydrogens is 1400 g/mol. The molecule has 0 aromatic rings. The summed E-state index contributed by atoms with van der Waals surface area (Å²) >= 11 is 0. The number of ether oxygens (including phenoxy) is 1. The first-order chi connectivity index (χ1) is 50.3. The van der Waals surface area contributed by atoms with Gasteiger partial charge in [-0.25, -0.2) is 0 Å². The van der Waals surface area contributed by atoms with Gasteiger partial charge in [-0.3, -0.25) is 57.5 Å². The van der Waals surface area contributed by atoms with Gasteiger partial charge in [0.05, 0.1) is 37.5 Å². The summed E-state index contributed by atoms with van der Waals surface area (Å²) in [5.74, 6) is -12.2. The molecular formula is C76H116F6N12O13.